The van der Waals surface area contributed by atoms with Gasteiger partial charge < -0.3 is 14.2 Å². The average Bonchev–Trinajstić information content (AvgIpc) is 2.77. The Hall–Kier alpha value is -3.63. The number of rotatable bonds is 4. The van der Waals surface area contributed by atoms with Gasteiger partial charge in [-0.3, -0.25) is 4.79 Å². The summed E-state index contributed by atoms with van der Waals surface area (Å²) in [6, 6.07) is 6.91. The number of halogens is 4. The minimum absolute atomic E-state index is 0.00582. The molecule has 0 bridgehead atoms. The molecule has 1 unspecified atom stereocenters. The van der Waals surface area contributed by atoms with Crippen LogP contribution in [0.4, 0.5) is 23.2 Å². The van der Waals surface area contributed by atoms with Gasteiger partial charge in [0.2, 0.25) is 5.91 Å². The molecular formula is C20H14F4N2O5. The summed E-state index contributed by atoms with van der Waals surface area (Å²) < 4.78 is 71.4. The number of hydrazone groups is 1. The summed E-state index contributed by atoms with van der Waals surface area (Å²) >= 11 is 0. The molecule has 31 heavy (non-hydrogen) atoms. The van der Waals surface area contributed by atoms with E-state index in [1.54, 1.807) is 24.3 Å². The number of anilines is 1. The first-order chi connectivity index (χ1) is 14.8. The molecule has 0 aromatic heterocycles. The number of carbonyl (C=O) groups excluding carboxylic acids is 2. The normalized spacial score (nSPS) is 17.9. The first kappa shape index (κ1) is 20.6. The topological polar surface area (TPSA) is 77.4 Å². The maximum absolute atomic E-state index is 14.0. The highest BCUT2D eigenvalue weighted by Gasteiger charge is 2.33. The van der Waals surface area contributed by atoms with Crippen molar-refractivity contribution in [3.05, 3.63) is 53.6 Å². The molecule has 1 atom stereocenters. The Morgan fingerprint density at radius 3 is 2.48 bits per heavy atom. The van der Waals surface area contributed by atoms with Gasteiger partial charge in [-0.1, -0.05) is 12.1 Å². The molecule has 2 aromatic carbocycles. The first-order valence-electron chi connectivity index (χ1n) is 9.14. The van der Waals surface area contributed by atoms with Gasteiger partial charge >= 0.3 is 5.97 Å². The van der Waals surface area contributed by atoms with Crippen molar-refractivity contribution in [3.8, 4) is 11.5 Å². The lowest BCUT2D eigenvalue weighted by Gasteiger charge is -2.26. The van der Waals surface area contributed by atoms with Crippen LogP contribution >= 0.6 is 0 Å². The van der Waals surface area contributed by atoms with Crippen molar-refractivity contribution in [2.24, 2.45) is 5.10 Å². The molecule has 2 heterocycles. The lowest BCUT2D eigenvalue weighted by atomic mass is 10.1. The fraction of sp³-hybridized carbons (Fsp3) is 0.250. The quantitative estimate of drug-likeness (QED) is 0.417. The molecule has 0 saturated heterocycles. The van der Waals surface area contributed by atoms with Crippen LogP contribution in [0.1, 0.15) is 12.8 Å². The number of carbonyl (C=O) groups is 2. The SMILES string of the molecule is O=C(OCC1COc2ccccc2O1)C1=NN(c2c(F)c(F)cc(F)c2F)C(=O)CC1. The molecule has 0 saturated carbocycles. The summed E-state index contributed by atoms with van der Waals surface area (Å²) in [6.45, 7) is -0.113. The van der Waals surface area contributed by atoms with E-state index in [9.17, 15) is 27.2 Å². The van der Waals surface area contributed by atoms with E-state index in [1.807, 2.05) is 0 Å². The van der Waals surface area contributed by atoms with E-state index in [0.29, 0.717) is 11.5 Å². The zero-order valence-electron chi connectivity index (χ0n) is 15.7. The van der Waals surface area contributed by atoms with Crippen molar-refractivity contribution in [2.75, 3.05) is 18.2 Å². The Kier molecular flexibility index (Phi) is 5.49. The Morgan fingerprint density at radius 2 is 1.77 bits per heavy atom. The molecule has 0 spiro atoms. The summed E-state index contributed by atoms with van der Waals surface area (Å²) in [7, 11) is 0. The summed E-state index contributed by atoms with van der Waals surface area (Å²) in [4.78, 5) is 24.4. The van der Waals surface area contributed by atoms with Crippen molar-refractivity contribution < 1.29 is 41.4 Å². The second-order valence-electron chi connectivity index (χ2n) is 6.67. The van der Waals surface area contributed by atoms with Crippen molar-refractivity contribution in [1.82, 2.24) is 0 Å². The molecule has 0 fully saturated rings. The number of fused-ring (bicyclic) bond motifs is 1. The van der Waals surface area contributed by atoms with Crippen molar-refractivity contribution in [2.45, 2.75) is 18.9 Å². The Bertz CT molecular complexity index is 1070. The van der Waals surface area contributed by atoms with Gasteiger partial charge in [-0.15, -0.1) is 0 Å². The molecule has 4 rings (SSSR count). The second-order valence-corrected chi connectivity index (χ2v) is 6.67. The van der Waals surface area contributed by atoms with E-state index in [2.05, 4.69) is 5.10 Å². The van der Waals surface area contributed by atoms with Crippen molar-refractivity contribution in [3.63, 3.8) is 0 Å². The number of para-hydroxylation sites is 2. The van der Waals surface area contributed by atoms with E-state index in [0.717, 1.165) is 0 Å². The van der Waals surface area contributed by atoms with Gasteiger partial charge in [-0.05, 0) is 12.1 Å². The predicted octanol–water partition coefficient (Wildman–Crippen LogP) is 3.11. The highest BCUT2D eigenvalue weighted by molar-refractivity contribution is 6.38. The van der Waals surface area contributed by atoms with E-state index in [4.69, 9.17) is 14.2 Å². The molecule has 11 heteroatoms. The minimum Gasteiger partial charge on any atom is -0.486 e. The van der Waals surface area contributed by atoms with Crippen LogP contribution < -0.4 is 14.5 Å². The van der Waals surface area contributed by atoms with E-state index < -0.39 is 46.9 Å². The summed E-state index contributed by atoms with van der Waals surface area (Å²) in [5.41, 5.74) is -1.69. The molecule has 2 aromatic rings. The van der Waals surface area contributed by atoms with Gasteiger partial charge in [0.05, 0.1) is 0 Å². The minimum atomic E-state index is -1.81. The van der Waals surface area contributed by atoms with Crippen LogP contribution in [0.25, 0.3) is 0 Å². The van der Waals surface area contributed by atoms with Crippen LogP contribution in [0.15, 0.2) is 35.4 Å². The van der Waals surface area contributed by atoms with Crippen LogP contribution in [-0.4, -0.2) is 36.9 Å². The first-order valence-corrected chi connectivity index (χ1v) is 9.14. The lowest BCUT2D eigenvalue weighted by molar-refractivity contribution is -0.139. The number of hydrogen-bond acceptors (Lipinski definition) is 6. The molecule has 2 aliphatic rings. The van der Waals surface area contributed by atoms with Gasteiger partial charge in [0.25, 0.3) is 0 Å². The molecule has 2 aliphatic heterocycles. The highest BCUT2D eigenvalue weighted by Crippen LogP contribution is 2.32. The number of ether oxygens (including phenoxy) is 3. The third-order valence-electron chi connectivity index (χ3n) is 4.54. The predicted molar refractivity (Wildman–Crippen MR) is 97.7 cm³/mol. The summed E-state index contributed by atoms with van der Waals surface area (Å²) in [5.74, 6) is -7.93. The van der Waals surface area contributed by atoms with Crippen LogP contribution in [0.2, 0.25) is 0 Å². The monoisotopic (exact) mass is 438 g/mol. The average molecular weight is 438 g/mol. The standard InChI is InChI=1S/C20H14F4N2O5/c21-11-7-12(22)18(24)19(17(11)23)26-16(27)6-5-13(25-26)20(28)30-9-10-8-29-14-3-1-2-4-15(14)31-10/h1-4,7,10H,5-6,8-9H2. The summed E-state index contributed by atoms with van der Waals surface area (Å²) in [5, 5.41) is 3.71. The zero-order chi connectivity index (χ0) is 22.1. The fourth-order valence-corrected chi connectivity index (χ4v) is 3.02. The van der Waals surface area contributed by atoms with Crippen LogP contribution in [0, 0.1) is 23.3 Å². The number of benzene rings is 2. The molecule has 0 N–H and O–H groups in total. The molecule has 7 nitrogen and oxygen atoms in total. The Balaban J connectivity index is 1.49. The van der Waals surface area contributed by atoms with Crippen molar-refractivity contribution >= 4 is 23.3 Å². The van der Waals surface area contributed by atoms with Crippen LogP contribution in [0.5, 0.6) is 11.5 Å². The van der Waals surface area contributed by atoms with E-state index in [-0.39, 0.29) is 42.8 Å². The number of esters is 1. The smallest absolute Gasteiger partial charge is 0.354 e. The number of amides is 1. The Morgan fingerprint density at radius 1 is 1.10 bits per heavy atom. The van der Waals surface area contributed by atoms with Gasteiger partial charge in [-0.25, -0.2) is 22.4 Å². The van der Waals surface area contributed by atoms with Gasteiger partial charge in [0.15, 0.2) is 40.9 Å². The van der Waals surface area contributed by atoms with E-state index in [1.165, 1.54) is 0 Å². The lowest BCUT2D eigenvalue weighted by Crippen LogP contribution is -2.38. The molecule has 0 radical (unpaired) electrons. The second kappa shape index (κ2) is 8.25. The van der Waals surface area contributed by atoms with Crippen molar-refractivity contribution in [1.29, 1.82) is 0 Å². The third kappa shape index (κ3) is 4.03. The number of hydrogen-bond donors (Lipinski definition) is 0. The highest BCUT2D eigenvalue weighted by atomic mass is 19.2. The van der Waals surface area contributed by atoms with Gasteiger partial charge in [-0.2, -0.15) is 10.1 Å². The van der Waals surface area contributed by atoms with Crippen LogP contribution in [0.3, 0.4) is 0 Å². The molecular weight excluding hydrogens is 424 g/mol. The molecule has 162 valence electrons. The van der Waals surface area contributed by atoms with E-state index >= 15 is 0 Å². The fourth-order valence-electron chi connectivity index (χ4n) is 3.02. The largest absolute Gasteiger partial charge is 0.486 e. The zero-order valence-corrected chi connectivity index (χ0v) is 15.7. The van der Waals surface area contributed by atoms with Gasteiger partial charge in [0, 0.05) is 18.9 Å². The maximum atomic E-state index is 14.0. The molecule has 1 amide bonds. The Labute approximate surface area is 172 Å². The number of nitrogens with zero attached hydrogens (tertiary/aromatic N) is 2. The maximum Gasteiger partial charge on any atom is 0.354 e. The van der Waals surface area contributed by atoms with Gasteiger partial charge in [0.1, 0.15) is 24.6 Å². The summed E-state index contributed by atoms with van der Waals surface area (Å²) in [6.07, 6.45) is -1.17. The van der Waals surface area contributed by atoms with Crippen LogP contribution in [-0.2, 0) is 14.3 Å². The third-order valence-corrected chi connectivity index (χ3v) is 4.54. The molecule has 0 aliphatic carbocycles.